The standard InChI is InChI=1S/C16H18N2O5S/c1-10-14(16(19)22-2)6-15(23-10)24(20,21)18-7-11-3-4-12-8-17-9-13(12)5-11/h3-6,17-18H,7-9H2,1-2H3. The van der Waals surface area contributed by atoms with Gasteiger partial charge in [-0.3, -0.25) is 0 Å². The van der Waals surface area contributed by atoms with Gasteiger partial charge in [-0.15, -0.1) is 0 Å². The number of rotatable bonds is 5. The van der Waals surface area contributed by atoms with E-state index in [0.29, 0.717) is 0 Å². The van der Waals surface area contributed by atoms with Crippen LogP contribution in [0.15, 0.2) is 33.8 Å². The molecule has 1 aliphatic rings. The molecule has 0 saturated heterocycles. The van der Waals surface area contributed by atoms with Gasteiger partial charge < -0.3 is 14.5 Å². The number of hydrogen-bond acceptors (Lipinski definition) is 6. The minimum absolute atomic E-state index is 0.0986. The first-order chi connectivity index (χ1) is 11.4. The van der Waals surface area contributed by atoms with Gasteiger partial charge in [-0.05, 0) is 23.6 Å². The summed E-state index contributed by atoms with van der Waals surface area (Å²) < 4.78 is 37.0. The minimum Gasteiger partial charge on any atom is -0.465 e. The zero-order valence-electron chi connectivity index (χ0n) is 13.4. The monoisotopic (exact) mass is 350 g/mol. The first-order valence-corrected chi connectivity index (χ1v) is 8.89. The topological polar surface area (TPSA) is 97.6 Å². The van der Waals surface area contributed by atoms with Gasteiger partial charge in [0.1, 0.15) is 11.3 Å². The molecule has 0 aliphatic carbocycles. The Morgan fingerprint density at radius 3 is 2.79 bits per heavy atom. The summed E-state index contributed by atoms with van der Waals surface area (Å²) in [6.45, 7) is 3.28. The van der Waals surface area contributed by atoms with Crippen molar-refractivity contribution in [1.82, 2.24) is 10.0 Å². The zero-order chi connectivity index (χ0) is 17.3. The van der Waals surface area contributed by atoms with Crippen LogP contribution in [-0.2, 0) is 34.4 Å². The van der Waals surface area contributed by atoms with E-state index in [4.69, 9.17) is 4.42 Å². The quantitative estimate of drug-likeness (QED) is 0.792. The van der Waals surface area contributed by atoms with Crippen molar-refractivity contribution in [2.24, 2.45) is 0 Å². The molecule has 0 atom stereocenters. The Kier molecular flexibility index (Phi) is 4.44. The average molecular weight is 350 g/mol. The lowest BCUT2D eigenvalue weighted by Gasteiger charge is -2.06. The Labute approximate surface area is 140 Å². The molecule has 24 heavy (non-hydrogen) atoms. The Hall–Kier alpha value is -2.16. The smallest absolute Gasteiger partial charge is 0.341 e. The molecule has 1 aromatic heterocycles. The van der Waals surface area contributed by atoms with Gasteiger partial charge in [0.05, 0.1) is 7.11 Å². The summed E-state index contributed by atoms with van der Waals surface area (Å²) in [4.78, 5) is 11.6. The maximum Gasteiger partial charge on any atom is 0.341 e. The van der Waals surface area contributed by atoms with E-state index >= 15 is 0 Å². The second-order valence-electron chi connectivity index (χ2n) is 5.56. The fourth-order valence-electron chi connectivity index (χ4n) is 2.61. The summed E-state index contributed by atoms with van der Waals surface area (Å²) >= 11 is 0. The van der Waals surface area contributed by atoms with Crippen LogP contribution in [-0.4, -0.2) is 21.5 Å². The summed E-state index contributed by atoms with van der Waals surface area (Å²) in [5.74, 6) is -0.436. The highest BCUT2D eigenvalue weighted by Gasteiger charge is 2.24. The predicted molar refractivity (Wildman–Crippen MR) is 85.8 cm³/mol. The molecule has 0 saturated carbocycles. The maximum absolute atomic E-state index is 12.3. The summed E-state index contributed by atoms with van der Waals surface area (Å²) in [5.41, 5.74) is 3.36. The van der Waals surface area contributed by atoms with Crippen LogP contribution >= 0.6 is 0 Å². The molecular formula is C16H18N2O5S. The van der Waals surface area contributed by atoms with Gasteiger partial charge in [-0.25, -0.2) is 17.9 Å². The number of hydrogen-bond donors (Lipinski definition) is 2. The highest BCUT2D eigenvalue weighted by Crippen LogP contribution is 2.21. The Balaban J connectivity index is 1.76. The minimum atomic E-state index is -3.86. The number of nitrogens with one attached hydrogen (secondary N) is 2. The van der Waals surface area contributed by atoms with Crippen LogP contribution in [0.5, 0.6) is 0 Å². The van der Waals surface area contributed by atoms with Crippen LogP contribution in [0.2, 0.25) is 0 Å². The molecule has 8 heteroatoms. The fraction of sp³-hybridized carbons (Fsp3) is 0.312. The molecule has 0 amide bonds. The van der Waals surface area contributed by atoms with E-state index in [1.807, 2.05) is 18.2 Å². The van der Waals surface area contributed by atoms with Crippen molar-refractivity contribution in [2.45, 2.75) is 31.7 Å². The third kappa shape index (κ3) is 3.21. The Bertz CT molecular complexity index is 886. The zero-order valence-corrected chi connectivity index (χ0v) is 14.2. The molecule has 3 rings (SSSR count). The highest BCUT2D eigenvalue weighted by atomic mass is 32.2. The van der Waals surface area contributed by atoms with E-state index in [0.717, 1.165) is 18.7 Å². The molecule has 128 valence electrons. The number of furan rings is 1. The van der Waals surface area contributed by atoms with Gasteiger partial charge in [0, 0.05) is 25.7 Å². The molecule has 2 aromatic rings. The van der Waals surface area contributed by atoms with Crippen molar-refractivity contribution in [3.05, 3.63) is 52.3 Å². The van der Waals surface area contributed by atoms with Gasteiger partial charge >= 0.3 is 5.97 Å². The number of aryl methyl sites for hydroxylation is 1. The van der Waals surface area contributed by atoms with Crippen LogP contribution in [0.25, 0.3) is 0 Å². The predicted octanol–water partition coefficient (Wildman–Crippen LogP) is 1.46. The third-order valence-corrected chi connectivity index (χ3v) is 5.19. The van der Waals surface area contributed by atoms with Gasteiger partial charge in [-0.2, -0.15) is 0 Å². The second kappa shape index (κ2) is 6.39. The summed E-state index contributed by atoms with van der Waals surface area (Å²) in [6.07, 6.45) is 0. The Morgan fingerprint density at radius 2 is 2.04 bits per heavy atom. The SMILES string of the molecule is COC(=O)c1cc(S(=O)(=O)NCc2ccc3c(c2)CNC3)oc1C. The summed E-state index contributed by atoms with van der Waals surface area (Å²) in [7, 11) is -2.63. The van der Waals surface area contributed by atoms with Crippen LogP contribution < -0.4 is 10.0 Å². The van der Waals surface area contributed by atoms with E-state index in [2.05, 4.69) is 14.8 Å². The Morgan fingerprint density at radius 1 is 1.29 bits per heavy atom. The molecule has 0 unspecified atom stereocenters. The fourth-order valence-corrected chi connectivity index (χ4v) is 3.61. The summed E-state index contributed by atoms with van der Waals surface area (Å²) in [6, 6.07) is 7.04. The van der Waals surface area contributed by atoms with Gasteiger partial charge in [-0.1, -0.05) is 18.2 Å². The lowest BCUT2D eigenvalue weighted by Crippen LogP contribution is -2.23. The number of benzene rings is 1. The number of esters is 1. The van der Waals surface area contributed by atoms with Gasteiger partial charge in [0.15, 0.2) is 0 Å². The molecule has 0 fully saturated rings. The second-order valence-corrected chi connectivity index (χ2v) is 7.26. The molecular weight excluding hydrogens is 332 g/mol. The van der Waals surface area contributed by atoms with E-state index in [9.17, 15) is 13.2 Å². The van der Waals surface area contributed by atoms with Crippen LogP contribution in [0.1, 0.15) is 32.8 Å². The molecule has 0 bridgehead atoms. The van der Waals surface area contributed by atoms with Crippen molar-refractivity contribution in [2.75, 3.05) is 7.11 Å². The highest BCUT2D eigenvalue weighted by molar-refractivity contribution is 7.89. The molecule has 2 N–H and O–H groups in total. The van der Waals surface area contributed by atoms with Crippen molar-refractivity contribution in [1.29, 1.82) is 0 Å². The van der Waals surface area contributed by atoms with Crippen LogP contribution in [0.4, 0.5) is 0 Å². The number of carbonyl (C=O) groups is 1. The average Bonchev–Trinajstić information content (AvgIpc) is 3.18. The molecule has 1 aromatic carbocycles. The van der Waals surface area contributed by atoms with Crippen molar-refractivity contribution in [3.63, 3.8) is 0 Å². The first kappa shape index (κ1) is 16.7. The third-order valence-electron chi connectivity index (χ3n) is 3.93. The number of carbonyl (C=O) groups excluding carboxylic acids is 1. The van der Waals surface area contributed by atoms with Crippen molar-refractivity contribution in [3.8, 4) is 0 Å². The number of methoxy groups -OCH3 is 1. The molecule has 0 radical (unpaired) electrons. The summed E-state index contributed by atoms with van der Waals surface area (Å²) in [5, 5.41) is 2.94. The first-order valence-electron chi connectivity index (χ1n) is 7.40. The lowest BCUT2D eigenvalue weighted by atomic mass is 10.1. The van der Waals surface area contributed by atoms with Crippen molar-refractivity contribution >= 4 is 16.0 Å². The van der Waals surface area contributed by atoms with E-state index in [-0.39, 0.29) is 23.0 Å². The molecule has 7 nitrogen and oxygen atoms in total. The number of ether oxygens (including phenoxy) is 1. The largest absolute Gasteiger partial charge is 0.465 e. The van der Waals surface area contributed by atoms with Gasteiger partial charge in [0.25, 0.3) is 10.0 Å². The molecule has 0 spiro atoms. The van der Waals surface area contributed by atoms with Gasteiger partial charge in [0.2, 0.25) is 5.09 Å². The molecule has 1 aliphatic heterocycles. The molecule has 2 heterocycles. The van der Waals surface area contributed by atoms with E-state index in [1.54, 1.807) is 0 Å². The van der Waals surface area contributed by atoms with Crippen molar-refractivity contribution < 1.29 is 22.4 Å². The van der Waals surface area contributed by atoms with Crippen LogP contribution in [0.3, 0.4) is 0 Å². The maximum atomic E-state index is 12.3. The van der Waals surface area contributed by atoms with E-state index < -0.39 is 16.0 Å². The normalized spacial score (nSPS) is 13.8. The number of fused-ring (bicyclic) bond motifs is 1. The van der Waals surface area contributed by atoms with E-state index in [1.165, 1.54) is 31.2 Å². The van der Waals surface area contributed by atoms with Crippen LogP contribution in [0, 0.1) is 6.92 Å². The lowest BCUT2D eigenvalue weighted by molar-refractivity contribution is 0.0599. The number of sulfonamides is 1.